The van der Waals surface area contributed by atoms with Crippen LogP contribution in [0.15, 0.2) is 473 Å². The third-order valence-electron chi connectivity index (χ3n) is 25.5. The van der Waals surface area contributed by atoms with Crippen LogP contribution in [0.1, 0.15) is 0 Å². The van der Waals surface area contributed by atoms with Crippen LogP contribution in [0, 0.1) is 0 Å². The number of fused-ring (bicyclic) bond motifs is 14. The van der Waals surface area contributed by atoms with Crippen LogP contribution in [0.3, 0.4) is 0 Å². The normalized spacial score (nSPS) is 12.0. The molecule has 23 aromatic rings. The number of hydrogen-bond donors (Lipinski definition) is 0. The van der Waals surface area contributed by atoms with Gasteiger partial charge in [-0.3, -0.25) is 0 Å². The maximum absolute atomic E-state index is 3.06. The van der Waals surface area contributed by atoms with Crippen LogP contribution in [0.25, 0.3) is 154 Å². The summed E-state index contributed by atoms with van der Waals surface area (Å²) < 4.78 is 10.1. The summed E-state index contributed by atoms with van der Waals surface area (Å²) >= 11 is 0. The molecule has 0 aliphatic carbocycles. The summed E-state index contributed by atoms with van der Waals surface area (Å²) in [6.45, 7) is 0. The van der Waals surface area contributed by atoms with Crippen LogP contribution in [-0.4, -0.2) is 34.4 Å². The molecule has 0 unspecified atom stereocenters. The summed E-state index contributed by atoms with van der Waals surface area (Å²) in [6.07, 6.45) is 0. The van der Waals surface area contributed by atoms with E-state index in [9.17, 15) is 0 Å². The lowest BCUT2D eigenvalue weighted by molar-refractivity contribution is 1.17. The molecule has 120 heavy (non-hydrogen) atoms. The van der Waals surface area contributed by atoms with Gasteiger partial charge >= 0.3 is 0 Å². The minimum absolute atomic E-state index is 1.09. The van der Waals surface area contributed by atoms with Crippen molar-refractivity contribution in [3.8, 4) is 67.3 Å². The smallest absolute Gasteiger partial charge is 0.179 e. The first-order valence-electron chi connectivity index (χ1n) is 41.5. The topological polar surface area (TPSA) is 19.7 Å². The molecule has 562 valence electrons. The standard InChI is InChI=1S/C114H78N4Si2/c1-9-35-79(36-10-1)80-63-67-85(68-64-80)115-102-60-30-26-56-96(102)111-107(115)71-73-109-112(111)97-57-27-32-62-104(97)118(109)105-69-65-82(76-99(105)84-39-33-53-93(75-84)119(87-41-13-3-14-42-87,88-43-15-4-16-44-88)89-45-17-5-18-46-89)83-66-70-106-100(77-83)114-108(72-74-110-113(114)98-58-28-31-61-103(98)117(110)101-59-29-25-55-95(101)81-37-11-2-12-38-81)116(106)86-40-34-54-94(78-86)120(90-47-19-6-20-48-90,91-49-21-7-22-50-91)92-51-23-8-24-52-92/h1-78H. The van der Waals surface area contributed by atoms with E-state index >= 15 is 0 Å². The summed E-state index contributed by atoms with van der Waals surface area (Å²) in [6, 6.07) is 178. The Bertz CT molecular complexity index is 7660. The van der Waals surface area contributed by atoms with Gasteiger partial charge in [0.2, 0.25) is 0 Å². The number of nitrogens with zero attached hydrogens (tertiary/aromatic N) is 4. The first-order chi connectivity index (χ1) is 59.6. The minimum Gasteiger partial charge on any atom is -0.309 e. The molecule has 0 saturated heterocycles. The van der Waals surface area contributed by atoms with Gasteiger partial charge < -0.3 is 18.3 Å². The van der Waals surface area contributed by atoms with Gasteiger partial charge in [-0.1, -0.05) is 376 Å². The van der Waals surface area contributed by atoms with Crippen LogP contribution in [0.5, 0.6) is 0 Å². The molecule has 4 heterocycles. The quantitative estimate of drug-likeness (QED) is 0.0679. The zero-order chi connectivity index (χ0) is 79.2. The fraction of sp³-hybridized carbons (Fsp3) is 0. The lowest BCUT2D eigenvalue weighted by Gasteiger charge is -2.34. The molecule has 0 radical (unpaired) electrons. The van der Waals surface area contributed by atoms with E-state index in [1.165, 1.54) is 112 Å². The van der Waals surface area contributed by atoms with Crippen molar-refractivity contribution in [1.29, 1.82) is 0 Å². The van der Waals surface area contributed by atoms with Crippen LogP contribution >= 0.6 is 0 Å². The highest BCUT2D eigenvalue weighted by Crippen LogP contribution is 2.48. The molecule has 23 rings (SSSR count). The van der Waals surface area contributed by atoms with Gasteiger partial charge in [-0.2, -0.15) is 0 Å². The molecule has 0 atom stereocenters. The van der Waals surface area contributed by atoms with Crippen molar-refractivity contribution in [2.75, 3.05) is 0 Å². The molecule has 0 fully saturated rings. The Balaban J connectivity index is 0.794. The fourth-order valence-corrected chi connectivity index (χ4v) is 30.0. The molecular formula is C114H78N4Si2. The maximum atomic E-state index is 2.57. The predicted octanol–water partition coefficient (Wildman–Crippen LogP) is 23.5. The second kappa shape index (κ2) is 28.9. The van der Waals surface area contributed by atoms with E-state index in [-0.39, 0.29) is 0 Å². The van der Waals surface area contributed by atoms with Crippen LogP contribution in [-0.2, 0) is 0 Å². The molecule has 0 aliphatic rings. The largest absolute Gasteiger partial charge is 0.309 e. The van der Waals surface area contributed by atoms with Crippen molar-refractivity contribution < 1.29 is 0 Å². The fourth-order valence-electron chi connectivity index (χ4n) is 20.4. The summed E-state index contributed by atoms with van der Waals surface area (Å²) in [5.74, 6) is 0. The number of aromatic nitrogens is 4. The first kappa shape index (κ1) is 70.2. The zero-order valence-electron chi connectivity index (χ0n) is 65.8. The van der Waals surface area contributed by atoms with Gasteiger partial charge in [-0.05, 0) is 172 Å². The second-order valence-corrected chi connectivity index (χ2v) is 39.3. The van der Waals surface area contributed by atoms with E-state index < -0.39 is 16.1 Å². The Morgan fingerprint density at radius 3 is 0.933 bits per heavy atom. The Morgan fingerprint density at radius 1 is 0.142 bits per heavy atom. The first-order valence-corrected chi connectivity index (χ1v) is 45.5. The van der Waals surface area contributed by atoms with E-state index in [4.69, 9.17) is 0 Å². The molecule has 4 aromatic heterocycles. The van der Waals surface area contributed by atoms with Crippen molar-refractivity contribution in [3.63, 3.8) is 0 Å². The molecule has 0 aliphatic heterocycles. The summed E-state index contributed by atoms with van der Waals surface area (Å²) in [4.78, 5) is 0. The lowest BCUT2D eigenvalue weighted by Crippen LogP contribution is -2.74. The van der Waals surface area contributed by atoms with Crippen molar-refractivity contribution in [2.45, 2.75) is 0 Å². The Labute approximate surface area is 698 Å². The van der Waals surface area contributed by atoms with Crippen LogP contribution in [0.2, 0.25) is 0 Å². The van der Waals surface area contributed by atoms with Gasteiger partial charge in [-0.15, -0.1) is 0 Å². The average Bonchev–Trinajstić information content (AvgIpc) is 1.67. The number of benzene rings is 19. The van der Waals surface area contributed by atoms with Crippen molar-refractivity contribution in [1.82, 2.24) is 18.3 Å². The minimum atomic E-state index is -3.06. The molecule has 0 saturated carbocycles. The van der Waals surface area contributed by atoms with Crippen LogP contribution < -0.4 is 41.5 Å². The molecule has 6 heteroatoms. The molecule has 0 bridgehead atoms. The van der Waals surface area contributed by atoms with Gasteiger partial charge in [0.1, 0.15) is 0 Å². The highest BCUT2D eigenvalue weighted by molar-refractivity contribution is 7.20. The van der Waals surface area contributed by atoms with Crippen molar-refractivity contribution >= 4 is 145 Å². The Hall–Kier alpha value is -15.2. The van der Waals surface area contributed by atoms with Crippen LogP contribution in [0.4, 0.5) is 0 Å². The molecule has 19 aromatic carbocycles. The zero-order valence-corrected chi connectivity index (χ0v) is 67.8. The highest BCUT2D eigenvalue weighted by Gasteiger charge is 2.43. The van der Waals surface area contributed by atoms with Crippen molar-refractivity contribution in [3.05, 3.63) is 473 Å². The molecule has 4 nitrogen and oxygen atoms in total. The Morgan fingerprint density at radius 2 is 0.450 bits per heavy atom. The second-order valence-electron chi connectivity index (χ2n) is 31.7. The van der Waals surface area contributed by atoms with Gasteiger partial charge in [0.25, 0.3) is 0 Å². The van der Waals surface area contributed by atoms with E-state index in [1.807, 2.05) is 0 Å². The Kier molecular flexibility index (Phi) is 16.9. The summed E-state index contributed by atoms with van der Waals surface area (Å²) in [5, 5.41) is 20.2. The third kappa shape index (κ3) is 11.0. The highest BCUT2D eigenvalue weighted by atomic mass is 28.3. The molecule has 0 amide bonds. The lowest BCUT2D eigenvalue weighted by atomic mass is 9.95. The van der Waals surface area contributed by atoms with Gasteiger partial charge in [0, 0.05) is 65.6 Å². The van der Waals surface area contributed by atoms with E-state index in [2.05, 4.69) is 491 Å². The van der Waals surface area contributed by atoms with Gasteiger partial charge in [-0.25, -0.2) is 0 Å². The number of hydrogen-bond acceptors (Lipinski definition) is 0. The molecule has 0 spiro atoms. The van der Waals surface area contributed by atoms with E-state index in [0.717, 1.165) is 83.6 Å². The monoisotopic (exact) mass is 1560 g/mol. The number of para-hydroxylation sites is 4. The van der Waals surface area contributed by atoms with Gasteiger partial charge in [0.05, 0.1) is 55.5 Å². The maximum Gasteiger partial charge on any atom is 0.179 e. The van der Waals surface area contributed by atoms with E-state index in [1.54, 1.807) is 0 Å². The molecule has 0 N–H and O–H groups in total. The number of rotatable bonds is 16. The van der Waals surface area contributed by atoms with Gasteiger partial charge in [0.15, 0.2) is 16.1 Å². The molecular weight excluding hydrogens is 1480 g/mol. The average molecular weight is 1560 g/mol. The SMILES string of the molecule is c1ccc(-c2ccc(-n3c4ccccc4c4c5c6ccccc6n(-c6ccc(-c7ccc8c(c7)c7c9c%10ccccc%10n(-c%10ccccc%10-c%10ccccc%10)c9ccc7n8-c7cccc([Si](c8ccccc8)(c8ccccc8)c8ccccc8)c7)cc6-c6cccc([Si](c7ccccc7)(c7ccccc7)c7ccccc7)c6)c5ccc43)cc2)cc1. The predicted molar refractivity (Wildman–Crippen MR) is 513 cm³/mol. The summed E-state index contributed by atoms with van der Waals surface area (Å²) in [7, 11) is -6.06. The summed E-state index contributed by atoms with van der Waals surface area (Å²) in [5.41, 5.74) is 22.8. The van der Waals surface area contributed by atoms with E-state index in [0.29, 0.717) is 0 Å². The van der Waals surface area contributed by atoms with Crippen molar-refractivity contribution in [2.24, 2.45) is 0 Å². The third-order valence-corrected chi connectivity index (χ3v) is 35.0.